The molecule has 7 heavy (non-hydrogen) atoms. The van der Waals surface area contributed by atoms with Crippen molar-refractivity contribution < 1.29 is 23.3 Å². The molecule has 0 fully saturated rings. The van der Waals surface area contributed by atoms with Crippen LogP contribution in [0.25, 0.3) is 0 Å². The molecule has 5 heteroatoms. The first-order valence-corrected chi connectivity index (χ1v) is 1.26. The molecule has 0 atom stereocenters. The van der Waals surface area contributed by atoms with E-state index in [1.165, 1.54) is 0 Å². The lowest BCUT2D eigenvalue weighted by Crippen LogP contribution is -2.15. The number of halogens is 3. The predicted molar refractivity (Wildman–Crippen MR) is 11.4 cm³/mol. The summed E-state index contributed by atoms with van der Waals surface area (Å²) < 4.78 is 32.0. The lowest BCUT2D eigenvalue weighted by molar-refractivity contribution is -0.681. The van der Waals surface area contributed by atoms with Crippen molar-refractivity contribution in [2.24, 2.45) is 0 Å². The van der Waals surface area contributed by atoms with E-state index in [9.17, 15) is 13.2 Å². The molecular formula is C2HF3O2-2. The van der Waals surface area contributed by atoms with Crippen molar-refractivity contribution in [2.45, 2.75) is 6.18 Å². The Balaban J connectivity index is 3.15. The highest BCUT2D eigenvalue weighted by Gasteiger charge is 2.13. The van der Waals surface area contributed by atoms with Crippen LogP contribution in [0.4, 0.5) is 13.2 Å². The Morgan fingerprint density at radius 2 is 1.86 bits per heavy atom. The fourth-order valence-corrected chi connectivity index (χ4v) is 0.0546. The second-order valence-corrected chi connectivity index (χ2v) is 0.756. The molecule has 2 nitrogen and oxygen atoms in total. The third-order valence-electron chi connectivity index (χ3n) is 0.182. The zero-order valence-corrected chi connectivity index (χ0v) is 3.03. The zero-order chi connectivity index (χ0) is 5.91. The molecule has 0 saturated heterocycles. The maximum absolute atomic E-state index is 10.7. The maximum Gasteiger partial charge on any atom is 0.291 e. The van der Waals surface area contributed by atoms with E-state index >= 15 is 0 Å². The first kappa shape index (κ1) is 6.71. The summed E-state index contributed by atoms with van der Waals surface area (Å²) in [5, 5.41) is 8.67. The van der Waals surface area contributed by atoms with E-state index in [0.29, 0.717) is 0 Å². The van der Waals surface area contributed by atoms with Crippen LogP contribution in [0.15, 0.2) is 0 Å². The average molecular weight is 114 g/mol. The van der Waals surface area contributed by atoms with Gasteiger partial charge in [-0.25, -0.2) is 13.2 Å². The van der Waals surface area contributed by atoms with Crippen molar-refractivity contribution in [1.82, 2.24) is 0 Å². The van der Waals surface area contributed by atoms with E-state index in [4.69, 9.17) is 5.26 Å². The standard InChI is InChI=1S/C2H2F3O2/c3-2(4,5)1-7-6/h1,6H/q-1/p-1. The van der Waals surface area contributed by atoms with Gasteiger partial charge in [-0.15, -0.1) is 6.61 Å². The van der Waals surface area contributed by atoms with Crippen molar-refractivity contribution in [1.29, 1.82) is 0 Å². The number of hydrogen-bond donors (Lipinski definition) is 0. The summed E-state index contributed by atoms with van der Waals surface area (Å²) in [5.74, 6) is 0. The average Bonchev–Trinajstić information content (AvgIpc) is 1.30. The minimum absolute atomic E-state index is 0.743. The van der Waals surface area contributed by atoms with Crippen molar-refractivity contribution in [2.75, 3.05) is 0 Å². The molecule has 0 heterocycles. The van der Waals surface area contributed by atoms with Gasteiger partial charge in [0, 0.05) is 0 Å². The summed E-state index contributed by atoms with van der Waals surface area (Å²) in [7, 11) is 0. The van der Waals surface area contributed by atoms with Crippen LogP contribution in [0.3, 0.4) is 0 Å². The zero-order valence-electron chi connectivity index (χ0n) is 3.03. The molecule has 0 aliphatic carbocycles. The van der Waals surface area contributed by atoms with Crippen molar-refractivity contribution in [3.05, 3.63) is 6.61 Å². The van der Waals surface area contributed by atoms with Crippen LogP contribution >= 0.6 is 0 Å². The molecule has 0 aliphatic heterocycles. The third-order valence-corrected chi connectivity index (χ3v) is 0.182. The molecule has 0 aliphatic rings. The summed E-state index contributed by atoms with van der Waals surface area (Å²) in [6, 6.07) is 0. The van der Waals surface area contributed by atoms with E-state index in [2.05, 4.69) is 4.89 Å². The summed E-state index contributed by atoms with van der Waals surface area (Å²) in [4.78, 5) is 2.41. The molecule has 0 spiro atoms. The van der Waals surface area contributed by atoms with Gasteiger partial charge in [-0.1, -0.05) is 0 Å². The summed E-state index contributed by atoms with van der Waals surface area (Å²) in [5.41, 5.74) is 0. The van der Waals surface area contributed by atoms with Gasteiger partial charge in [-0.05, 0) is 0 Å². The van der Waals surface area contributed by atoms with Crippen LogP contribution < -0.4 is 5.26 Å². The Morgan fingerprint density at radius 1 is 1.43 bits per heavy atom. The van der Waals surface area contributed by atoms with Crippen LogP contribution in [0.5, 0.6) is 0 Å². The van der Waals surface area contributed by atoms with Gasteiger partial charge >= 0.3 is 0 Å². The Bertz CT molecular complexity index is 49.4. The quantitative estimate of drug-likeness (QED) is 0.273. The second-order valence-electron chi connectivity index (χ2n) is 0.756. The lowest BCUT2D eigenvalue weighted by atomic mass is 10.7. The smallest absolute Gasteiger partial charge is 0.291 e. The Kier molecular flexibility index (Phi) is 2.04. The predicted octanol–water partition coefficient (Wildman–Crippen LogP) is 0.00239. The van der Waals surface area contributed by atoms with Gasteiger partial charge in [0.1, 0.15) is 0 Å². The molecule has 0 radical (unpaired) electrons. The summed E-state index contributed by atoms with van der Waals surface area (Å²) in [6.45, 7) is -0.743. The van der Waals surface area contributed by atoms with Gasteiger partial charge in [0.2, 0.25) is 0 Å². The molecule has 44 valence electrons. The topological polar surface area (TPSA) is 32.3 Å². The molecule has 0 unspecified atom stereocenters. The fourth-order valence-electron chi connectivity index (χ4n) is 0.0546. The maximum atomic E-state index is 10.7. The van der Waals surface area contributed by atoms with Gasteiger partial charge in [0.05, 0.1) is 0 Å². The number of hydrogen-bond acceptors (Lipinski definition) is 2. The van der Waals surface area contributed by atoms with Crippen LogP contribution in [0.2, 0.25) is 0 Å². The number of alkyl halides is 3. The monoisotopic (exact) mass is 114 g/mol. The molecule has 0 amide bonds. The van der Waals surface area contributed by atoms with Crippen molar-refractivity contribution in [3.63, 3.8) is 0 Å². The molecule has 0 rings (SSSR count). The molecular weight excluding hydrogens is 113 g/mol. The molecule has 0 bridgehead atoms. The highest BCUT2D eigenvalue weighted by atomic mass is 19.4. The Labute approximate surface area is 37.4 Å². The SMILES string of the molecule is [O-]O[CH-]C(F)(F)F. The lowest BCUT2D eigenvalue weighted by Gasteiger charge is -2.21. The Hall–Kier alpha value is -0.290. The highest BCUT2D eigenvalue weighted by molar-refractivity contribution is 4.57. The minimum Gasteiger partial charge on any atom is -0.759 e. The number of rotatable bonds is 1. The van der Waals surface area contributed by atoms with Crippen molar-refractivity contribution in [3.8, 4) is 0 Å². The van der Waals surface area contributed by atoms with Gasteiger partial charge < -0.3 is 10.1 Å². The van der Waals surface area contributed by atoms with Gasteiger partial charge in [0.25, 0.3) is 6.18 Å². The molecule has 0 aromatic heterocycles. The molecule has 0 N–H and O–H groups in total. The van der Waals surface area contributed by atoms with Gasteiger partial charge in [-0.2, -0.15) is 0 Å². The van der Waals surface area contributed by atoms with Crippen LogP contribution in [0.1, 0.15) is 0 Å². The van der Waals surface area contributed by atoms with Gasteiger partial charge in [0.15, 0.2) is 0 Å². The minimum atomic E-state index is -4.61. The van der Waals surface area contributed by atoms with E-state index in [0.717, 1.165) is 0 Å². The molecule has 0 saturated carbocycles. The van der Waals surface area contributed by atoms with Crippen LogP contribution in [-0.2, 0) is 4.89 Å². The third kappa shape index (κ3) is 5.71. The summed E-state index contributed by atoms with van der Waals surface area (Å²) in [6.07, 6.45) is -4.61. The summed E-state index contributed by atoms with van der Waals surface area (Å²) >= 11 is 0. The largest absolute Gasteiger partial charge is 0.759 e. The fraction of sp³-hybridized carbons (Fsp3) is 0.500. The van der Waals surface area contributed by atoms with Crippen molar-refractivity contribution >= 4 is 0 Å². The molecule has 0 aromatic carbocycles. The van der Waals surface area contributed by atoms with Crippen LogP contribution in [-0.4, -0.2) is 6.18 Å². The van der Waals surface area contributed by atoms with E-state index in [1.54, 1.807) is 0 Å². The molecule has 0 aromatic rings. The van der Waals surface area contributed by atoms with Crippen LogP contribution in [0, 0.1) is 6.61 Å². The van der Waals surface area contributed by atoms with Gasteiger partial charge in [-0.3, -0.25) is 0 Å². The van der Waals surface area contributed by atoms with E-state index < -0.39 is 12.8 Å². The first-order chi connectivity index (χ1) is 3.06. The second kappa shape index (κ2) is 2.13. The first-order valence-electron chi connectivity index (χ1n) is 1.26. The Morgan fingerprint density at radius 3 is 1.86 bits per heavy atom. The van der Waals surface area contributed by atoms with E-state index in [1.807, 2.05) is 0 Å². The highest BCUT2D eigenvalue weighted by Crippen LogP contribution is 2.16. The van der Waals surface area contributed by atoms with E-state index in [-0.39, 0.29) is 0 Å². The normalized spacial score (nSPS) is 12.0.